The zero-order chi connectivity index (χ0) is 27.2. The minimum atomic E-state index is -0.950. The molecule has 0 amide bonds. The maximum atomic E-state index is 13.2. The van der Waals surface area contributed by atoms with Gasteiger partial charge in [0, 0.05) is 43.2 Å². The Hall–Kier alpha value is -2.65. The number of rotatable bonds is 5. The Balaban J connectivity index is 1.37. The summed E-state index contributed by atoms with van der Waals surface area (Å²) in [5.41, 5.74) is 0.331. The molecule has 4 aliphatic rings. The first-order valence-corrected chi connectivity index (χ1v) is 14.0. The maximum Gasteiger partial charge on any atom is 0.315 e. The number of nitrogens with one attached hydrogen (secondary N) is 1. The number of fused-ring (bicyclic) bond motifs is 2. The number of hydrogen-bond acceptors (Lipinski definition) is 8. The monoisotopic (exact) mass is 529 g/mol. The third-order valence-electron chi connectivity index (χ3n) is 9.67. The number of nitrogens with zero attached hydrogens (tertiary/aromatic N) is 1. The molecular formula is C29H41N2O7+. The van der Waals surface area contributed by atoms with Crippen LogP contribution in [0.15, 0.2) is 30.3 Å². The molecule has 1 aromatic carbocycles. The van der Waals surface area contributed by atoms with Gasteiger partial charge in [0.2, 0.25) is 0 Å². The summed E-state index contributed by atoms with van der Waals surface area (Å²) in [5, 5.41) is 12.1. The predicted molar refractivity (Wildman–Crippen MR) is 138 cm³/mol. The Morgan fingerprint density at radius 3 is 2.39 bits per heavy atom. The van der Waals surface area contributed by atoms with Crippen molar-refractivity contribution < 1.29 is 38.6 Å². The van der Waals surface area contributed by atoms with Gasteiger partial charge in [-0.15, -0.1) is 0 Å². The number of carbonyl (C=O) groups excluding carboxylic acids is 3. The quantitative estimate of drug-likeness (QED) is 0.427. The highest BCUT2D eigenvalue weighted by Gasteiger charge is 2.67. The van der Waals surface area contributed by atoms with Crippen LogP contribution < -0.4 is 9.80 Å². The number of aliphatic hydroxyl groups is 1. The number of quaternary nitrogens is 1. The average Bonchev–Trinajstić information content (AvgIpc) is 3.28. The van der Waals surface area contributed by atoms with Crippen molar-refractivity contribution in [1.29, 1.82) is 0 Å². The summed E-state index contributed by atoms with van der Waals surface area (Å²) < 4.78 is 17.4. The fourth-order valence-electron chi connectivity index (χ4n) is 8.05. The molecule has 0 unspecified atom stereocenters. The summed E-state index contributed by atoms with van der Waals surface area (Å²) in [5.74, 6) is -2.16. The lowest BCUT2D eigenvalue weighted by Crippen LogP contribution is -3.15. The van der Waals surface area contributed by atoms with Gasteiger partial charge in [-0.05, 0) is 24.5 Å². The molecule has 4 fully saturated rings. The van der Waals surface area contributed by atoms with Crippen LogP contribution in [-0.2, 0) is 28.6 Å². The van der Waals surface area contributed by atoms with Crippen molar-refractivity contribution in [1.82, 2.24) is 0 Å². The van der Waals surface area contributed by atoms with E-state index in [4.69, 9.17) is 14.2 Å². The molecule has 9 heteroatoms. The topological polar surface area (TPSA) is 107 Å². The lowest BCUT2D eigenvalue weighted by atomic mass is 9.66. The van der Waals surface area contributed by atoms with E-state index in [1.165, 1.54) is 24.4 Å². The lowest BCUT2D eigenvalue weighted by Gasteiger charge is -2.43. The Morgan fingerprint density at radius 1 is 1.11 bits per heavy atom. The van der Waals surface area contributed by atoms with Gasteiger partial charge in [-0.2, -0.15) is 0 Å². The van der Waals surface area contributed by atoms with Crippen molar-refractivity contribution in [3.63, 3.8) is 0 Å². The molecule has 2 heterocycles. The van der Waals surface area contributed by atoms with Gasteiger partial charge in [0.05, 0.1) is 38.8 Å². The van der Waals surface area contributed by atoms with E-state index in [0.717, 1.165) is 26.2 Å². The standard InChI is InChI=1S/C29H40N2O7/c1-17-14-22-25(27(34)29(4)24(37-19(3)33)15-23(26(17)29)36-18(2)32)21(28(35)38-22)16-30-10-12-31(13-11-30)20-8-6-5-7-9-20/h5-9,17,21-27,34H,10-16H2,1-4H3/p+1/t17-,21-,22-,23+,24+,25-,26-,27+,29+/m0/s1. The maximum absolute atomic E-state index is 13.2. The second kappa shape index (κ2) is 10.5. The van der Waals surface area contributed by atoms with Gasteiger partial charge in [0.1, 0.15) is 24.2 Å². The largest absolute Gasteiger partial charge is 0.462 e. The third kappa shape index (κ3) is 4.79. The number of aliphatic hydroxyl groups excluding tert-OH is 1. The summed E-state index contributed by atoms with van der Waals surface area (Å²) in [6.07, 6.45) is -1.55. The zero-order valence-electron chi connectivity index (χ0n) is 22.8. The summed E-state index contributed by atoms with van der Waals surface area (Å²) in [4.78, 5) is 40.9. The van der Waals surface area contributed by atoms with Crippen LogP contribution in [0.3, 0.4) is 0 Å². The molecule has 2 saturated carbocycles. The van der Waals surface area contributed by atoms with E-state index in [1.54, 1.807) is 0 Å². The van der Waals surface area contributed by atoms with Gasteiger partial charge >= 0.3 is 17.9 Å². The second-order valence-corrected chi connectivity index (χ2v) is 12.0. The van der Waals surface area contributed by atoms with E-state index in [0.29, 0.717) is 19.4 Å². The first-order chi connectivity index (χ1) is 18.1. The Bertz CT molecular complexity index is 1040. The van der Waals surface area contributed by atoms with Gasteiger partial charge in [0.15, 0.2) is 0 Å². The minimum Gasteiger partial charge on any atom is -0.462 e. The highest BCUT2D eigenvalue weighted by Crippen LogP contribution is 2.58. The van der Waals surface area contributed by atoms with E-state index < -0.39 is 53.6 Å². The van der Waals surface area contributed by atoms with Gasteiger partial charge in [-0.25, -0.2) is 0 Å². The number of benzene rings is 1. The van der Waals surface area contributed by atoms with Crippen molar-refractivity contribution in [2.45, 2.75) is 65.0 Å². The zero-order valence-corrected chi connectivity index (χ0v) is 22.8. The molecular weight excluding hydrogens is 488 g/mol. The first kappa shape index (κ1) is 26.9. The summed E-state index contributed by atoms with van der Waals surface area (Å²) in [6, 6.07) is 10.3. The van der Waals surface area contributed by atoms with Gasteiger partial charge in [-0.3, -0.25) is 14.4 Å². The molecule has 0 aromatic heterocycles. The molecule has 9 atom stereocenters. The molecule has 2 aliphatic heterocycles. The molecule has 1 aromatic rings. The number of esters is 3. The average molecular weight is 530 g/mol. The highest BCUT2D eigenvalue weighted by molar-refractivity contribution is 5.75. The van der Waals surface area contributed by atoms with Crippen LogP contribution in [-0.4, -0.2) is 80.2 Å². The number of hydrogen-bond donors (Lipinski definition) is 2. The van der Waals surface area contributed by atoms with Crippen LogP contribution in [0.25, 0.3) is 0 Å². The fourth-order valence-corrected chi connectivity index (χ4v) is 8.05. The highest BCUT2D eigenvalue weighted by atomic mass is 16.6. The molecule has 2 saturated heterocycles. The normalized spacial score (nSPS) is 39.1. The number of ether oxygens (including phenoxy) is 3. The molecule has 0 radical (unpaired) electrons. The van der Waals surface area contributed by atoms with Crippen molar-refractivity contribution in [3.8, 4) is 0 Å². The Morgan fingerprint density at radius 2 is 1.76 bits per heavy atom. The Kier molecular flexibility index (Phi) is 7.44. The smallest absolute Gasteiger partial charge is 0.315 e. The van der Waals surface area contributed by atoms with E-state index in [2.05, 4.69) is 24.0 Å². The van der Waals surface area contributed by atoms with Crippen LogP contribution in [0.2, 0.25) is 0 Å². The van der Waals surface area contributed by atoms with Gasteiger partial charge in [0.25, 0.3) is 0 Å². The van der Waals surface area contributed by atoms with Gasteiger partial charge in [-0.1, -0.05) is 32.0 Å². The molecule has 9 nitrogen and oxygen atoms in total. The molecule has 208 valence electrons. The van der Waals surface area contributed by atoms with Crippen LogP contribution in [0.5, 0.6) is 0 Å². The van der Waals surface area contributed by atoms with E-state index in [9.17, 15) is 19.5 Å². The molecule has 0 spiro atoms. The van der Waals surface area contributed by atoms with Crippen molar-refractivity contribution in [3.05, 3.63) is 30.3 Å². The van der Waals surface area contributed by atoms with E-state index in [-0.39, 0.29) is 17.8 Å². The third-order valence-corrected chi connectivity index (χ3v) is 9.67. The van der Waals surface area contributed by atoms with Crippen LogP contribution >= 0.6 is 0 Å². The van der Waals surface area contributed by atoms with Crippen LogP contribution in [0.1, 0.15) is 40.5 Å². The van der Waals surface area contributed by atoms with Crippen molar-refractivity contribution in [2.75, 3.05) is 37.6 Å². The van der Waals surface area contributed by atoms with Crippen LogP contribution in [0.4, 0.5) is 5.69 Å². The molecule has 2 aliphatic carbocycles. The number of carbonyl (C=O) groups is 3. The fraction of sp³-hybridized carbons (Fsp3) is 0.690. The van der Waals surface area contributed by atoms with Gasteiger partial charge < -0.3 is 29.1 Å². The second-order valence-electron chi connectivity index (χ2n) is 12.0. The van der Waals surface area contributed by atoms with Crippen molar-refractivity contribution in [2.24, 2.45) is 29.1 Å². The lowest BCUT2D eigenvalue weighted by molar-refractivity contribution is -0.903. The predicted octanol–water partition coefficient (Wildman–Crippen LogP) is 0.840. The van der Waals surface area contributed by atoms with E-state index >= 15 is 0 Å². The molecule has 38 heavy (non-hydrogen) atoms. The first-order valence-electron chi connectivity index (χ1n) is 14.0. The minimum absolute atomic E-state index is 0.0112. The number of piperazine rings is 1. The Labute approximate surface area is 224 Å². The van der Waals surface area contributed by atoms with E-state index in [1.807, 2.05) is 25.1 Å². The summed E-state index contributed by atoms with van der Waals surface area (Å²) >= 11 is 0. The molecule has 0 bridgehead atoms. The molecule has 2 N–H and O–H groups in total. The van der Waals surface area contributed by atoms with Crippen molar-refractivity contribution >= 4 is 23.6 Å². The summed E-state index contributed by atoms with van der Waals surface area (Å²) in [7, 11) is 0. The number of para-hydroxylation sites is 1. The SMILES string of the molecule is CC(=O)O[C@@H]1C[C@@H](OC(C)=O)[C@]2(C)[C@H]1[C@@H](C)C[C@@H]1OC(=O)[C@@H](C[NH+]3CCN(c4ccccc4)CC3)[C@@H]1[C@H]2O. The van der Waals surface area contributed by atoms with Crippen LogP contribution in [0, 0.1) is 29.1 Å². The summed E-state index contributed by atoms with van der Waals surface area (Å²) in [6.45, 7) is 10.9. The molecule has 5 rings (SSSR count). The number of anilines is 1.